The van der Waals surface area contributed by atoms with Crippen molar-refractivity contribution in [3.05, 3.63) is 79.1 Å². The van der Waals surface area contributed by atoms with Gasteiger partial charge in [-0.15, -0.1) is 0 Å². The smallest absolute Gasteiger partial charge is 0.176 e. The summed E-state index contributed by atoms with van der Waals surface area (Å²) in [5, 5.41) is 0. The number of hydrogen-bond donors (Lipinski definition) is 0. The van der Waals surface area contributed by atoms with Crippen LogP contribution >= 0.6 is 0 Å². The monoisotopic (exact) mass is 367 g/mol. The highest BCUT2D eigenvalue weighted by Gasteiger charge is 2.10. The number of rotatable bonds is 5. The van der Waals surface area contributed by atoms with Gasteiger partial charge in [0.2, 0.25) is 0 Å². The van der Waals surface area contributed by atoms with Crippen LogP contribution in [0.25, 0.3) is 22.3 Å². The van der Waals surface area contributed by atoms with Crippen molar-refractivity contribution < 1.29 is 21.5 Å². The van der Waals surface area contributed by atoms with E-state index in [1.807, 2.05) is 0 Å². The third kappa shape index (κ3) is 4.52. The van der Waals surface area contributed by atoms with E-state index < -0.39 is 0 Å². The van der Waals surface area contributed by atoms with Gasteiger partial charge in [-0.25, -0.2) is 4.57 Å². The fraction of sp³-hybridized carbons (Fsp3) is 0.190. The quantitative estimate of drug-likeness (QED) is 0.608. The Morgan fingerprint density at radius 3 is 1.61 bits per heavy atom. The molecule has 1 aromatic heterocycles. The van der Waals surface area contributed by atoms with E-state index >= 15 is 0 Å². The predicted molar refractivity (Wildman–Crippen MR) is 92.4 cm³/mol. The molecule has 0 N–H and O–H groups in total. The summed E-state index contributed by atoms with van der Waals surface area (Å²) >= 11 is 0. The third-order valence-electron chi connectivity index (χ3n) is 3.90. The Hall–Kier alpha value is -1.93. The molecule has 0 fully saturated rings. The van der Waals surface area contributed by atoms with Gasteiger partial charge in [0.1, 0.15) is 6.54 Å². The van der Waals surface area contributed by atoms with Gasteiger partial charge in [0.05, 0.1) is 0 Å². The first-order valence-corrected chi connectivity index (χ1v) is 8.02. The third-order valence-corrected chi connectivity index (χ3v) is 3.90. The maximum absolute atomic E-state index is 2.33. The average Bonchev–Trinajstić information content (AvgIpc) is 2.61. The zero-order valence-corrected chi connectivity index (χ0v) is 15.0. The van der Waals surface area contributed by atoms with Crippen LogP contribution in [0.2, 0.25) is 0 Å². The van der Waals surface area contributed by atoms with Crippen molar-refractivity contribution in [1.82, 2.24) is 0 Å². The van der Waals surface area contributed by atoms with E-state index in [0.29, 0.717) is 0 Å². The zero-order valence-electron chi connectivity index (χ0n) is 13.5. The highest BCUT2D eigenvalue weighted by Crippen LogP contribution is 2.24. The molecule has 0 bridgehead atoms. The van der Waals surface area contributed by atoms with Crippen LogP contribution in [0.5, 0.6) is 0 Å². The standard InChI is InChI=1S/C21H22N.BrH/c1-2-3-14-22-16-20(18-10-6-4-7-11-18)15-21(17-22)19-12-8-5-9-13-19;/h4-13,15-17H,2-3,14H2,1H3;1H/q+1;/p-1. The lowest BCUT2D eigenvalue weighted by Gasteiger charge is -2.06. The van der Waals surface area contributed by atoms with Crippen LogP contribution in [-0.2, 0) is 6.54 Å². The normalized spacial score (nSPS) is 10.1. The summed E-state index contributed by atoms with van der Waals surface area (Å²) in [5.41, 5.74) is 5.09. The van der Waals surface area contributed by atoms with Gasteiger partial charge >= 0.3 is 0 Å². The van der Waals surface area contributed by atoms with Crippen molar-refractivity contribution >= 4 is 0 Å². The van der Waals surface area contributed by atoms with E-state index in [4.69, 9.17) is 0 Å². The van der Waals surface area contributed by atoms with Gasteiger partial charge in [0, 0.05) is 17.5 Å². The lowest BCUT2D eigenvalue weighted by atomic mass is 10.0. The number of benzene rings is 2. The molecule has 0 amide bonds. The van der Waals surface area contributed by atoms with Gasteiger partial charge in [0.15, 0.2) is 12.4 Å². The van der Waals surface area contributed by atoms with Crippen molar-refractivity contribution in [3.8, 4) is 22.3 Å². The van der Waals surface area contributed by atoms with Crippen molar-refractivity contribution in [3.63, 3.8) is 0 Å². The van der Waals surface area contributed by atoms with Gasteiger partial charge in [-0.1, -0.05) is 74.0 Å². The second-order valence-corrected chi connectivity index (χ2v) is 5.64. The van der Waals surface area contributed by atoms with Crippen LogP contribution < -0.4 is 21.5 Å². The Morgan fingerprint density at radius 1 is 0.696 bits per heavy atom. The Balaban J connectivity index is 0.00000192. The molecule has 2 aromatic carbocycles. The van der Waals surface area contributed by atoms with E-state index in [-0.39, 0.29) is 17.0 Å². The summed E-state index contributed by atoms with van der Waals surface area (Å²) in [5.74, 6) is 0. The van der Waals surface area contributed by atoms with Crippen molar-refractivity contribution in [2.45, 2.75) is 26.3 Å². The molecule has 0 atom stereocenters. The summed E-state index contributed by atoms with van der Waals surface area (Å²) in [4.78, 5) is 0. The van der Waals surface area contributed by atoms with E-state index in [2.05, 4.69) is 90.6 Å². The zero-order chi connectivity index (χ0) is 15.2. The van der Waals surface area contributed by atoms with Crippen molar-refractivity contribution in [2.24, 2.45) is 0 Å². The molecular formula is C21H22BrN. The number of nitrogens with zero attached hydrogens (tertiary/aromatic N) is 1. The highest BCUT2D eigenvalue weighted by molar-refractivity contribution is 5.70. The SMILES string of the molecule is CCCC[n+]1cc(-c2ccccc2)cc(-c2ccccc2)c1.[Br-]. The predicted octanol–water partition coefficient (Wildman–Crippen LogP) is 2.11. The molecule has 3 rings (SSSR count). The first kappa shape index (κ1) is 17.4. The molecule has 1 nitrogen and oxygen atoms in total. The average molecular weight is 368 g/mol. The lowest BCUT2D eigenvalue weighted by Crippen LogP contribution is -3.00. The first-order chi connectivity index (χ1) is 10.9. The molecule has 0 saturated heterocycles. The number of aromatic nitrogens is 1. The van der Waals surface area contributed by atoms with Gasteiger partial charge in [-0.05, 0) is 17.2 Å². The second kappa shape index (κ2) is 8.64. The van der Waals surface area contributed by atoms with E-state index in [1.165, 1.54) is 35.1 Å². The molecule has 1 heterocycles. The molecule has 0 saturated carbocycles. The summed E-state index contributed by atoms with van der Waals surface area (Å²) in [7, 11) is 0. The van der Waals surface area contributed by atoms with Crippen LogP contribution in [0.4, 0.5) is 0 Å². The molecule has 0 aliphatic rings. The van der Waals surface area contributed by atoms with E-state index in [0.717, 1.165) is 6.54 Å². The number of unbranched alkanes of at least 4 members (excludes halogenated alkanes) is 1. The minimum absolute atomic E-state index is 0. The molecule has 0 aliphatic carbocycles. The van der Waals surface area contributed by atoms with Crippen molar-refractivity contribution in [1.29, 1.82) is 0 Å². The number of pyridine rings is 1. The van der Waals surface area contributed by atoms with Crippen LogP contribution in [-0.4, -0.2) is 0 Å². The minimum atomic E-state index is 0. The Labute approximate surface area is 149 Å². The fourth-order valence-corrected chi connectivity index (χ4v) is 2.68. The first-order valence-electron chi connectivity index (χ1n) is 8.02. The van der Waals surface area contributed by atoms with Crippen LogP contribution in [0, 0.1) is 0 Å². The Kier molecular flexibility index (Phi) is 6.54. The molecule has 23 heavy (non-hydrogen) atoms. The van der Waals surface area contributed by atoms with Crippen LogP contribution in [0.3, 0.4) is 0 Å². The maximum Gasteiger partial charge on any atom is 0.176 e. The minimum Gasteiger partial charge on any atom is -1.00 e. The Morgan fingerprint density at radius 2 is 1.17 bits per heavy atom. The summed E-state index contributed by atoms with van der Waals surface area (Å²) in [6, 6.07) is 23.5. The van der Waals surface area contributed by atoms with E-state index in [1.54, 1.807) is 0 Å². The topological polar surface area (TPSA) is 3.88 Å². The van der Waals surface area contributed by atoms with Gasteiger partial charge < -0.3 is 17.0 Å². The largest absolute Gasteiger partial charge is 1.00 e. The summed E-state index contributed by atoms with van der Waals surface area (Å²) in [6.45, 7) is 3.30. The molecule has 2 heteroatoms. The second-order valence-electron chi connectivity index (χ2n) is 5.64. The summed E-state index contributed by atoms with van der Waals surface area (Å²) < 4.78 is 2.33. The van der Waals surface area contributed by atoms with Gasteiger partial charge in [-0.3, -0.25) is 0 Å². The van der Waals surface area contributed by atoms with Crippen molar-refractivity contribution in [2.75, 3.05) is 0 Å². The Bertz CT molecular complexity index is 666. The van der Waals surface area contributed by atoms with Crippen LogP contribution in [0.15, 0.2) is 79.1 Å². The fourth-order valence-electron chi connectivity index (χ4n) is 2.68. The van der Waals surface area contributed by atoms with Crippen LogP contribution in [0.1, 0.15) is 19.8 Å². The molecule has 3 aromatic rings. The molecule has 0 spiro atoms. The van der Waals surface area contributed by atoms with Gasteiger partial charge in [-0.2, -0.15) is 0 Å². The highest BCUT2D eigenvalue weighted by atomic mass is 79.9. The molecule has 118 valence electrons. The molecular weight excluding hydrogens is 346 g/mol. The molecule has 0 radical (unpaired) electrons. The maximum atomic E-state index is 2.33. The molecule has 0 unspecified atom stereocenters. The lowest BCUT2D eigenvalue weighted by molar-refractivity contribution is -0.696. The molecule has 0 aliphatic heterocycles. The number of hydrogen-bond acceptors (Lipinski definition) is 0. The van der Waals surface area contributed by atoms with E-state index in [9.17, 15) is 0 Å². The summed E-state index contributed by atoms with van der Waals surface area (Å²) in [6.07, 6.45) is 6.94. The number of halogens is 1. The van der Waals surface area contributed by atoms with Gasteiger partial charge in [0.25, 0.3) is 0 Å². The number of aryl methyl sites for hydroxylation is 1.